The van der Waals surface area contributed by atoms with Gasteiger partial charge in [-0.05, 0) is 24.2 Å². The molecule has 2 aromatic rings. The summed E-state index contributed by atoms with van der Waals surface area (Å²) in [6, 6.07) is 8.14. The van der Waals surface area contributed by atoms with E-state index in [-0.39, 0.29) is 0 Å². The van der Waals surface area contributed by atoms with Gasteiger partial charge in [0.1, 0.15) is 5.75 Å². The summed E-state index contributed by atoms with van der Waals surface area (Å²) < 4.78 is 5.25. The number of hydrogen-bond acceptors (Lipinski definition) is 5. The molecule has 1 aromatic carbocycles. The molecule has 0 saturated carbocycles. The summed E-state index contributed by atoms with van der Waals surface area (Å²) in [7, 11) is 3.76. The fraction of sp³-hybridized carbons (Fsp3) is 0.400. The summed E-state index contributed by atoms with van der Waals surface area (Å²) in [6.45, 7) is 4.72. The molecule has 1 N–H and O–H groups in total. The molecule has 0 aliphatic heterocycles. The van der Waals surface area contributed by atoms with E-state index < -0.39 is 0 Å². The van der Waals surface area contributed by atoms with Crippen LogP contribution in [0, 0.1) is 0 Å². The SMILES string of the molecule is CCNCc1csc(N(C)Cc2cccc(OC)c2)n1. The van der Waals surface area contributed by atoms with Crippen molar-refractivity contribution >= 4 is 16.5 Å². The molecule has 4 nitrogen and oxygen atoms in total. The van der Waals surface area contributed by atoms with E-state index in [1.807, 2.05) is 12.1 Å². The summed E-state index contributed by atoms with van der Waals surface area (Å²) in [5.41, 5.74) is 2.32. The predicted octanol–water partition coefficient (Wildman–Crippen LogP) is 2.90. The molecule has 0 aliphatic carbocycles. The predicted molar refractivity (Wildman–Crippen MR) is 84.6 cm³/mol. The van der Waals surface area contributed by atoms with Gasteiger partial charge in [-0.2, -0.15) is 0 Å². The molecule has 1 heterocycles. The maximum absolute atomic E-state index is 5.25. The van der Waals surface area contributed by atoms with Crippen molar-refractivity contribution in [3.05, 3.63) is 40.9 Å². The van der Waals surface area contributed by atoms with Gasteiger partial charge in [-0.3, -0.25) is 0 Å². The van der Waals surface area contributed by atoms with Crippen molar-refractivity contribution in [1.82, 2.24) is 10.3 Å². The van der Waals surface area contributed by atoms with Gasteiger partial charge in [0.15, 0.2) is 5.13 Å². The number of ether oxygens (including phenoxy) is 1. The number of hydrogen-bond donors (Lipinski definition) is 1. The van der Waals surface area contributed by atoms with Crippen molar-refractivity contribution in [2.75, 3.05) is 25.6 Å². The van der Waals surface area contributed by atoms with E-state index in [2.05, 4.69) is 46.7 Å². The van der Waals surface area contributed by atoms with Crippen molar-refractivity contribution < 1.29 is 4.74 Å². The van der Waals surface area contributed by atoms with Crippen LogP contribution in [0.5, 0.6) is 5.75 Å². The Morgan fingerprint density at radius 1 is 1.40 bits per heavy atom. The molecule has 0 atom stereocenters. The van der Waals surface area contributed by atoms with Crippen LogP contribution in [0.1, 0.15) is 18.2 Å². The summed E-state index contributed by atoms with van der Waals surface area (Å²) in [4.78, 5) is 6.80. The molecule has 5 heteroatoms. The first-order valence-corrected chi connectivity index (χ1v) is 7.60. The zero-order valence-electron chi connectivity index (χ0n) is 12.2. The lowest BCUT2D eigenvalue weighted by Crippen LogP contribution is -2.17. The third-order valence-corrected chi connectivity index (χ3v) is 3.98. The number of thiazole rings is 1. The Labute approximate surface area is 124 Å². The van der Waals surface area contributed by atoms with Crippen LogP contribution in [-0.4, -0.2) is 25.7 Å². The topological polar surface area (TPSA) is 37.4 Å². The Kier molecular flexibility index (Phi) is 5.38. The lowest BCUT2D eigenvalue weighted by molar-refractivity contribution is 0.414. The van der Waals surface area contributed by atoms with Gasteiger partial charge in [-0.1, -0.05) is 19.1 Å². The second-order valence-electron chi connectivity index (χ2n) is 4.61. The van der Waals surface area contributed by atoms with Crippen LogP contribution >= 0.6 is 11.3 Å². The summed E-state index contributed by atoms with van der Waals surface area (Å²) in [6.07, 6.45) is 0. The minimum atomic E-state index is 0.825. The second-order valence-corrected chi connectivity index (χ2v) is 5.45. The molecule has 0 fully saturated rings. The van der Waals surface area contributed by atoms with Crippen molar-refractivity contribution in [2.24, 2.45) is 0 Å². The van der Waals surface area contributed by atoms with Gasteiger partial charge >= 0.3 is 0 Å². The molecule has 0 spiro atoms. The van der Waals surface area contributed by atoms with E-state index in [0.29, 0.717) is 0 Å². The monoisotopic (exact) mass is 291 g/mol. The Bertz CT molecular complexity index is 541. The number of rotatable bonds is 7. The van der Waals surface area contributed by atoms with Gasteiger partial charge in [-0.15, -0.1) is 11.3 Å². The Hall–Kier alpha value is -1.59. The molecular weight excluding hydrogens is 270 g/mol. The molecule has 0 unspecified atom stereocenters. The fourth-order valence-corrected chi connectivity index (χ4v) is 2.71. The fourth-order valence-electron chi connectivity index (χ4n) is 1.92. The molecule has 0 radical (unpaired) electrons. The van der Waals surface area contributed by atoms with Crippen LogP contribution in [0.3, 0.4) is 0 Å². The third-order valence-electron chi connectivity index (χ3n) is 2.98. The lowest BCUT2D eigenvalue weighted by atomic mass is 10.2. The third kappa shape index (κ3) is 3.95. The van der Waals surface area contributed by atoms with Crippen molar-refractivity contribution in [3.63, 3.8) is 0 Å². The maximum Gasteiger partial charge on any atom is 0.185 e. The Balaban J connectivity index is 1.99. The molecule has 20 heavy (non-hydrogen) atoms. The highest BCUT2D eigenvalue weighted by atomic mass is 32.1. The summed E-state index contributed by atoms with van der Waals surface area (Å²) in [5, 5.41) is 6.44. The number of nitrogens with one attached hydrogen (secondary N) is 1. The van der Waals surface area contributed by atoms with Gasteiger partial charge in [0, 0.05) is 25.5 Å². The van der Waals surface area contributed by atoms with Crippen molar-refractivity contribution in [2.45, 2.75) is 20.0 Å². The van der Waals surface area contributed by atoms with E-state index in [4.69, 9.17) is 4.74 Å². The number of anilines is 1. The van der Waals surface area contributed by atoms with Gasteiger partial charge in [0.05, 0.1) is 12.8 Å². The van der Waals surface area contributed by atoms with Crippen LogP contribution in [-0.2, 0) is 13.1 Å². The number of nitrogens with zero attached hydrogens (tertiary/aromatic N) is 2. The van der Waals surface area contributed by atoms with Crippen molar-refractivity contribution in [3.8, 4) is 5.75 Å². The Morgan fingerprint density at radius 2 is 2.25 bits per heavy atom. The second kappa shape index (κ2) is 7.26. The first kappa shape index (κ1) is 14.8. The average molecular weight is 291 g/mol. The Morgan fingerprint density at radius 3 is 3.00 bits per heavy atom. The highest BCUT2D eigenvalue weighted by Gasteiger charge is 2.08. The molecule has 1 aromatic heterocycles. The van der Waals surface area contributed by atoms with Gasteiger partial charge < -0.3 is 15.0 Å². The minimum absolute atomic E-state index is 0.825. The highest BCUT2D eigenvalue weighted by molar-refractivity contribution is 7.13. The van der Waals surface area contributed by atoms with E-state index >= 15 is 0 Å². The zero-order valence-corrected chi connectivity index (χ0v) is 13.0. The molecular formula is C15H21N3OS. The van der Waals surface area contributed by atoms with Gasteiger partial charge in [-0.25, -0.2) is 4.98 Å². The van der Waals surface area contributed by atoms with Crippen LogP contribution in [0.15, 0.2) is 29.6 Å². The van der Waals surface area contributed by atoms with Crippen LogP contribution in [0.25, 0.3) is 0 Å². The molecule has 0 saturated heterocycles. The quantitative estimate of drug-likeness (QED) is 0.851. The maximum atomic E-state index is 5.25. The normalized spacial score (nSPS) is 10.6. The molecule has 0 amide bonds. The molecule has 0 bridgehead atoms. The smallest absolute Gasteiger partial charge is 0.185 e. The van der Waals surface area contributed by atoms with Gasteiger partial charge in [0.2, 0.25) is 0 Å². The molecule has 108 valence electrons. The first-order valence-electron chi connectivity index (χ1n) is 6.72. The van der Waals surface area contributed by atoms with E-state index in [9.17, 15) is 0 Å². The van der Waals surface area contributed by atoms with E-state index in [1.165, 1.54) is 5.56 Å². The molecule has 2 rings (SSSR count). The van der Waals surface area contributed by atoms with Crippen molar-refractivity contribution in [1.29, 1.82) is 0 Å². The largest absolute Gasteiger partial charge is 0.497 e. The molecule has 0 aliphatic rings. The van der Waals surface area contributed by atoms with E-state index in [0.717, 1.165) is 36.2 Å². The van der Waals surface area contributed by atoms with Gasteiger partial charge in [0.25, 0.3) is 0 Å². The zero-order chi connectivity index (χ0) is 14.4. The number of benzene rings is 1. The van der Waals surface area contributed by atoms with Crippen LogP contribution < -0.4 is 15.0 Å². The van der Waals surface area contributed by atoms with Crippen LogP contribution in [0.2, 0.25) is 0 Å². The average Bonchev–Trinajstić information content (AvgIpc) is 2.94. The standard InChI is InChI=1S/C15H21N3OS/c1-4-16-9-13-11-20-15(17-13)18(2)10-12-6-5-7-14(8-12)19-3/h5-8,11,16H,4,9-10H2,1-3H3. The summed E-state index contributed by atoms with van der Waals surface area (Å²) in [5.74, 6) is 0.892. The number of methoxy groups -OCH3 is 1. The van der Waals surface area contributed by atoms with E-state index in [1.54, 1.807) is 18.4 Å². The number of aromatic nitrogens is 1. The minimum Gasteiger partial charge on any atom is -0.497 e. The first-order chi connectivity index (χ1) is 9.72. The highest BCUT2D eigenvalue weighted by Crippen LogP contribution is 2.22. The lowest BCUT2D eigenvalue weighted by Gasteiger charge is -2.16. The summed E-state index contributed by atoms with van der Waals surface area (Å²) >= 11 is 1.68. The van der Waals surface area contributed by atoms with Crippen LogP contribution in [0.4, 0.5) is 5.13 Å².